The Labute approximate surface area is 176 Å². The molecular weight excluding hydrogens is 384 g/mol. The molecule has 1 aliphatic rings. The Morgan fingerprint density at radius 1 is 0.933 bits per heavy atom. The molecule has 2 aromatic rings. The van der Waals surface area contributed by atoms with Crippen LogP contribution in [-0.4, -0.2) is 38.7 Å². The van der Waals surface area contributed by atoms with Gasteiger partial charge in [0.25, 0.3) is 11.8 Å². The van der Waals surface area contributed by atoms with Crippen LogP contribution < -0.4 is 24.8 Å². The second kappa shape index (κ2) is 10.5. The fourth-order valence-electron chi connectivity index (χ4n) is 3.50. The molecule has 2 amide bonds. The summed E-state index contributed by atoms with van der Waals surface area (Å²) in [5.41, 5.74) is 0.905. The van der Waals surface area contributed by atoms with E-state index < -0.39 is 0 Å². The third-order valence-electron chi connectivity index (χ3n) is 5.08. The number of nitrogens with one attached hydrogen (secondary N) is 2. The molecule has 0 heterocycles. The van der Waals surface area contributed by atoms with Crippen LogP contribution in [0.5, 0.6) is 17.2 Å². The molecule has 0 aromatic heterocycles. The monoisotopic (exact) mass is 412 g/mol. The van der Waals surface area contributed by atoms with Crippen molar-refractivity contribution in [1.82, 2.24) is 5.32 Å². The number of rotatable bonds is 8. The first kappa shape index (κ1) is 21.5. The first-order chi connectivity index (χ1) is 14.6. The number of para-hydroxylation sites is 1. The number of anilines is 1. The van der Waals surface area contributed by atoms with Gasteiger partial charge in [-0.05, 0) is 25.0 Å². The summed E-state index contributed by atoms with van der Waals surface area (Å²) in [5, 5.41) is 5.85. The van der Waals surface area contributed by atoms with Crippen molar-refractivity contribution >= 4 is 17.5 Å². The van der Waals surface area contributed by atoms with Crippen molar-refractivity contribution in [2.75, 3.05) is 26.1 Å². The van der Waals surface area contributed by atoms with E-state index in [2.05, 4.69) is 10.6 Å². The topological polar surface area (TPSA) is 85.9 Å². The van der Waals surface area contributed by atoms with E-state index >= 15 is 0 Å². The highest BCUT2D eigenvalue weighted by Gasteiger charge is 2.19. The van der Waals surface area contributed by atoms with E-state index in [0.29, 0.717) is 28.5 Å². The molecule has 1 saturated carbocycles. The molecular formula is C23H28N2O5. The molecule has 2 N–H and O–H groups in total. The summed E-state index contributed by atoms with van der Waals surface area (Å²) < 4.78 is 16.0. The fourth-order valence-corrected chi connectivity index (χ4v) is 3.50. The van der Waals surface area contributed by atoms with Crippen molar-refractivity contribution in [1.29, 1.82) is 0 Å². The molecule has 0 atom stereocenters. The molecule has 7 nitrogen and oxygen atoms in total. The summed E-state index contributed by atoms with van der Waals surface area (Å²) in [7, 11) is 3.08. The van der Waals surface area contributed by atoms with Gasteiger partial charge in [0, 0.05) is 24.2 Å². The Balaban J connectivity index is 1.61. The number of methoxy groups -OCH3 is 2. The Bertz CT molecular complexity index is 855. The number of hydrogen-bond acceptors (Lipinski definition) is 5. The molecule has 160 valence electrons. The Hall–Kier alpha value is -3.22. The summed E-state index contributed by atoms with van der Waals surface area (Å²) in [5.74, 6) is 1.04. The number of amides is 2. The van der Waals surface area contributed by atoms with Crippen molar-refractivity contribution in [3.05, 3.63) is 48.0 Å². The summed E-state index contributed by atoms with van der Waals surface area (Å²) >= 11 is 0. The fraction of sp³-hybridized carbons (Fsp3) is 0.391. The quantitative estimate of drug-likeness (QED) is 0.689. The first-order valence-corrected chi connectivity index (χ1v) is 10.1. The third kappa shape index (κ3) is 5.89. The van der Waals surface area contributed by atoms with Crippen LogP contribution in [0.25, 0.3) is 0 Å². The van der Waals surface area contributed by atoms with E-state index in [-0.39, 0.29) is 24.5 Å². The van der Waals surface area contributed by atoms with Gasteiger partial charge in [-0.25, -0.2) is 0 Å². The van der Waals surface area contributed by atoms with Crippen molar-refractivity contribution in [2.45, 2.75) is 38.1 Å². The number of hydrogen-bond donors (Lipinski definition) is 2. The van der Waals surface area contributed by atoms with Gasteiger partial charge in [-0.3, -0.25) is 9.59 Å². The van der Waals surface area contributed by atoms with Crippen molar-refractivity contribution < 1.29 is 23.8 Å². The molecule has 3 rings (SSSR count). The molecule has 7 heteroatoms. The van der Waals surface area contributed by atoms with Crippen LogP contribution in [0.15, 0.2) is 42.5 Å². The Morgan fingerprint density at radius 3 is 2.23 bits per heavy atom. The van der Waals surface area contributed by atoms with Gasteiger partial charge in [0.2, 0.25) is 0 Å². The first-order valence-electron chi connectivity index (χ1n) is 10.1. The maximum atomic E-state index is 12.7. The standard InChI is InChI=1S/C23H28N2O5/c1-28-17-12-18(29-2)14-19(13-17)30-15-22(26)25-21-11-7-6-10-20(21)23(27)24-16-8-4-3-5-9-16/h6-7,10-14,16H,3-5,8-9,15H2,1-2H3,(H,24,27)(H,25,26). The molecule has 2 aromatic carbocycles. The zero-order valence-corrected chi connectivity index (χ0v) is 17.4. The molecule has 0 spiro atoms. The van der Waals surface area contributed by atoms with Crippen LogP contribution in [0.1, 0.15) is 42.5 Å². The summed E-state index contributed by atoms with van der Waals surface area (Å²) in [4.78, 5) is 25.1. The zero-order chi connectivity index (χ0) is 21.3. The molecule has 1 fully saturated rings. The minimum atomic E-state index is -0.366. The summed E-state index contributed by atoms with van der Waals surface area (Å²) in [6.45, 7) is -0.213. The van der Waals surface area contributed by atoms with Crippen LogP contribution in [0.3, 0.4) is 0 Å². The summed E-state index contributed by atoms with van der Waals surface area (Å²) in [6, 6.07) is 12.2. The zero-order valence-electron chi connectivity index (χ0n) is 17.4. The number of carbonyl (C=O) groups excluding carboxylic acids is 2. The molecule has 0 bridgehead atoms. The average molecular weight is 412 g/mol. The van der Waals surface area contributed by atoms with Gasteiger partial charge in [-0.1, -0.05) is 31.4 Å². The van der Waals surface area contributed by atoms with Crippen molar-refractivity contribution in [2.24, 2.45) is 0 Å². The number of benzene rings is 2. The lowest BCUT2D eigenvalue weighted by molar-refractivity contribution is -0.118. The lowest BCUT2D eigenvalue weighted by atomic mass is 9.95. The predicted octanol–water partition coefficient (Wildman–Crippen LogP) is 3.78. The van der Waals surface area contributed by atoms with E-state index in [4.69, 9.17) is 14.2 Å². The van der Waals surface area contributed by atoms with Crippen molar-refractivity contribution in [3.8, 4) is 17.2 Å². The molecule has 30 heavy (non-hydrogen) atoms. The van der Waals surface area contributed by atoms with Gasteiger partial charge in [0.15, 0.2) is 6.61 Å². The van der Waals surface area contributed by atoms with Crippen molar-refractivity contribution in [3.63, 3.8) is 0 Å². The van der Waals surface area contributed by atoms with E-state index in [0.717, 1.165) is 25.7 Å². The van der Waals surface area contributed by atoms with Gasteiger partial charge in [-0.2, -0.15) is 0 Å². The number of ether oxygens (including phenoxy) is 3. The van der Waals surface area contributed by atoms with Crippen LogP contribution in [0.4, 0.5) is 5.69 Å². The lowest BCUT2D eigenvalue weighted by Gasteiger charge is -2.23. The maximum absolute atomic E-state index is 12.7. The smallest absolute Gasteiger partial charge is 0.262 e. The van der Waals surface area contributed by atoms with Crippen LogP contribution >= 0.6 is 0 Å². The lowest BCUT2D eigenvalue weighted by Crippen LogP contribution is -2.36. The van der Waals surface area contributed by atoms with Gasteiger partial charge in [-0.15, -0.1) is 0 Å². The van der Waals surface area contributed by atoms with Gasteiger partial charge in [0.05, 0.1) is 25.5 Å². The summed E-state index contributed by atoms with van der Waals surface area (Å²) in [6.07, 6.45) is 5.49. The van der Waals surface area contributed by atoms with Gasteiger partial charge >= 0.3 is 0 Å². The largest absolute Gasteiger partial charge is 0.496 e. The molecule has 0 unspecified atom stereocenters. The third-order valence-corrected chi connectivity index (χ3v) is 5.08. The molecule has 0 saturated heterocycles. The van der Waals surface area contributed by atoms with Crippen LogP contribution in [0, 0.1) is 0 Å². The Kier molecular flexibility index (Phi) is 7.54. The van der Waals surface area contributed by atoms with Gasteiger partial charge in [0.1, 0.15) is 17.2 Å². The van der Waals surface area contributed by atoms with E-state index in [1.165, 1.54) is 6.42 Å². The molecule has 0 aliphatic heterocycles. The average Bonchev–Trinajstić information content (AvgIpc) is 2.78. The van der Waals surface area contributed by atoms with E-state index in [1.54, 1.807) is 56.7 Å². The van der Waals surface area contributed by atoms with E-state index in [1.807, 2.05) is 0 Å². The maximum Gasteiger partial charge on any atom is 0.262 e. The van der Waals surface area contributed by atoms with Crippen LogP contribution in [-0.2, 0) is 4.79 Å². The second-order valence-corrected chi connectivity index (χ2v) is 7.24. The normalized spacial score (nSPS) is 13.9. The predicted molar refractivity (Wildman–Crippen MR) is 114 cm³/mol. The SMILES string of the molecule is COc1cc(OC)cc(OCC(=O)Nc2ccccc2C(=O)NC2CCCCC2)c1. The second-order valence-electron chi connectivity index (χ2n) is 7.24. The minimum absolute atomic E-state index is 0.170. The van der Waals surface area contributed by atoms with E-state index in [9.17, 15) is 9.59 Å². The highest BCUT2D eigenvalue weighted by Crippen LogP contribution is 2.27. The molecule has 0 radical (unpaired) electrons. The highest BCUT2D eigenvalue weighted by molar-refractivity contribution is 6.04. The highest BCUT2D eigenvalue weighted by atomic mass is 16.5. The van der Waals surface area contributed by atoms with Gasteiger partial charge < -0.3 is 24.8 Å². The van der Waals surface area contributed by atoms with Crippen LogP contribution in [0.2, 0.25) is 0 Å². The Morgan fingerprint density at radius 2 is 1.57 bits per heavy atom. The molecule has 1 aliphatic carbocycles. The number of carbonyl (C=O) groups is 2. The minimum Gasteiger partial charge on any atom is -0.496 e.